The Morgan fingerprint density at radius 3 is 2.00 bits per heavy atom. The van der Waals surface area contributed by atoms with Crippen LogP contribution in [0.3, 0.4) is 0 Å². The molecule has 1 N–H and O–H groups in total. The zero-order chi connectivity index (χ0) is 21.8. The third-order valence-electron chi connectivity index (χ3n) is 6.61. The van der Waals surface area contributed by atoms with Gasteiger partial charge < -0.3 is 9.84 Å². The first-order valence-electron chi connectivity index (χ1n) is 11.5. The highest BCUT2D eigenvalue weighted by atomic mass is 16.5. The van der Waals surface area contributed by atoms with Crippen LogP contribution >= 0.6 is 0 Å². The Hall–Kier alpha value is -1.35. The van der Waals surface area contributed by atoms with Crippen molar-refractivity contribution in [3.63, 3.8) is 0 Å². The molecule has 1 rings (SSSR count). The number of carbonyl (C=O) groups is 1. The van der Waals surface area contributed by atoms with E-state index in [0.717, 1.165) is 12.0 Å². The maximum Gasteiger partial charge on any atom is 0.309 e. The lowest BCUT2D eigenvalue weighted by Crippen LogP contribution is -2.29. The molecule has 3 heteroatoms. The molecule has 0 aliphatic heterocycles. The second-order valence-electron chi connectivity index (χ2n) is 10.2. The van der Waals surface area contributed by atoms with Crippen LogP contribution in [0.1, 0.15) is 91.5 Å². The molecule has 0 amide bonds. The average molecular weight is 405 g/mol. The molecule has 0 aromatic heterocycles. The summed E-state index contributed by atoms with van der Waals surface area (Å²) in [6.45, 7) is 12.8. The lowest BCUT2D eigenvalue weighted by molar-refractivity contribution is -0.143. The van der Waals surface area contributed by atoms with E-state index in [4.69, 9.17) is 4.74 Å². The van der Waals surface area contributed by atoms with Crippen LogP contribution in [0.25, 0.3) is 0 Å². The van der Waals surface area contributed by atoms with E-state index >= 15 is 0 Å². The van der Waals surface area contributed by atoms with Crippen molar-refractivity contribution in [3.05, 3.63) is 35.9 Å². The van der Waals surface area contributed by atoms with E-state index < -0.39 is 11.9 Å². The highest BCUT2D eigenvalue weighted by Gasteiger charge is 2.31. The highest BCUT2D eigenvalue weighted by molar-refractivity contribution is 5.70. The SMILES string of the molecule is CC(C)(C)C(C)(C)CCCCCCCCCOCC(Cc1ccccc1)C(=O)O. The predicted molar refractivity (Wildman–Crippen MR) is 122 cm³/mol. The lowest BCUT2D eigenvalue weighted by atomic mass is 9.67. The van der Waals surface area contributed by atoms with Gasteiger partial charge >= 0.3 is 5.97 Å². The van der Waals surface area contributed by atoms with Crippen LogP contribution in [0.15, 0.2) is 30.3 Å². The van der Waals surface area contributed by atoms with Gasteiger partial charge in [-0.1, -0.05) is 103 Å². The van der Waals surface area contributed by atoms with Gasteiger partial charge in [-0.3, -0.25) is 4.79 Å². The minimum Gasteiger partial charge on any atom is -0.481 e. The first kappa shape index (κ1) is 25.7. The van der Waals surface area contributed by atoms with E-state index in [1.54, 1.807) is 0 Å². The van der Waals surface area contributed by atoms with Crippen molar-refractivity contribution in [2.24, 2.45) is 16.7 Å². The minimum absolute atomic E-state index is 0.299. The Morgan fingerprint density at radius 1 is 0.897 bits per heavy atom. The summed E-state index contributed by atoms with van der Waals surface area (Å²) in [5, 5.41) is 9.39. The Balaban J connectivity index is 2.03. The number of carboxylic acids is 1. The average Bonchev–Trinajstić information content (AvgIpc) is 2.64. The zero-order valence-electron chi connectivity index (χ0n) is 19.5. The summed E-state index contributed by atoms with van der Waals surface area (Å²) in [5.41, 5.74) is 1.82. The van der Waals surface area contributed by atoms with Crippen molar-refractivity contribution in [1.29, 1.82) is 0 Å². The second kappa shape index (κ2) is 13.1. The molecule has 0 heterocycles. The predicted octanol–water partition coefficient (Wildman–Crippen LogP) is 7.14. The largest absolute Gasteiger partial charge is 0.481 e. The van der Waals surface area contributed by atoms with Crippen molar-refractivity contribution in [2.75, 3.05) is 13.2 Å². The van der Waals surface area contributed by atoms with Gasteiger partial charge in [0.15, 0.2) is 0 Å². The van der Waals surface area contributed by atoms with Crippen molar-refractivity contribution in [3.8, 4) is 0 Å². The zero-order valence-corrected chi connectivity index (χ0v) is 19.5. The molecule has 166 valence electrons. The van der Waals surface area contributed by atoms with Gasteiger partial charge in [-0.25, -0.2) is 0 Å². The molecule has 3 nitrogen and oxygen atoms in total. The number of ether oxygens (including phenoxy) is 1. The first-order chi connectivity index (χ1) is 13.6. The molecule has 29 heavy (non-hydrogen) atoms. The molecule has 0 saturated carbocycles. The van der Waals surface area contributed by atoms with Crippen molar-refractivity contribution < 1.29 is 14.6 Å². The fourth-order valence-corrected chi connectivity index (χ4v) is 3.37. The molecule has 0 spiro atoms. The molecule has 0 fully saturated rings. The van der Waals surface area contributed by atoms with Gasteiger partial charge in [-0.05, 0) is 35.7 Å². The van der Waals surface area contributed by atoms with Crippen molar-refractivity contribution in [2.45, 2.75) is 92.4 Å². The Bertz CT molecular complexity index is 557. The van der Waals surface area contributed by atoms with Gasteiger partial charge in [-0.2, -0.15) is 0 Å². The first-order valence-corrected chi connectivity index (χ1v) is 11.5. The Labute approximate surface area is 179 Å². The fraction of sp³-hybridized carbons (Fsp3) is 0.731. The summed E-state index contributed by atoms with van der Waals surface area (Å²) in [7, 11) is 0. The van der Waals surface area contributed by atoms with Crippen molar-refractivity contribution in [1.82, 2.24) is 0 Å². The number of unbranched alkanes of at least 4 members (excludes halogenated alkanes) is 6. The van der Waals surface area contributed by atoms with Gasteiger partial charge in [0.25, 0.3) is 0 Å². The van der Waals surface area contributed by atoms with Crippen LogP contribution in [0.5, 0.6) is 0 Å². The number of carboxylic acid groups (broad SMARTS) is 1. The standard InChI is InChI=1S/C26H44O3/c1-25(2,3)26(4,5)18-14-9-7-6-8-10-15-19-29-21-23(24(27)28)20-22-16-12-11-13-17-22/h11-13,16-17,23H,6-10,14-15,18-21H2,1-5H3,(H,27,28). The van der Waals surface area contributed by atoms with Gasteiger partial charge in [0.1, 0.15) is 0 Å². The Kier molecular flexibility index (Phi) is 11.6. The minimum atomic E-state index is -0.775. The third kappa shape index (κ3) is 10.8. The number of aliphatic carboxylic acids is 1. The summed E-state index contributed by atoms with van der Waals surface area (Å²) in [6, 6.07) is 9.78. The fourth-order valence-electron chi connectivity index (χ4n) is 3.37. The van der Waals surface area contributed by atoms with E-state index in [0.29, 0.717) is 30.5 Å². The highest BCUT2D eigenvalue weighted by Crippen LogP contribution is 2.41. The molecule has 0 bridgehead atoms. The quantitative estimate of drug-likeness (QED) is 0.316. The molecule has 0 aliphatic rings. The van der Waals surface area contributed by atoms with E-state index in [1.807, 2.05) is 30.3 Å². The summed E-state index contributed by atoms with van der Waals surface area (Å²) in [4.78, 5) is 11.4. The maximum absolute atomic E-state index is 11.4. The normalized spacial score (nSPS) is 13.4. The smallest absolute Gasteiger partial charge is 0.309 e. The van der Waals surface area contributed by atoms with Crippen LogP contribution < -0.4 is 0 Å². The molecule has 1 unspecified atom stereocenters. The van der Waals surface area contributed by atoms with Gasteiger partial charge in [0.05, 0.1) is 12.5 Å². The van der Waals surface area contributed by atoms with E-state index in [1.165, 1.54) is 44.9 Å². The summed E-state index contributed by atoms with van der Waals surface area (Å²) >= 11 is 0. The summed E-state index contributed by atoms with van der Waals surface area (Å²) in [5.74, 6) is -1.24. The second-order valence-corrected chi connectivity index (χ2v) is 10.2. The van der Waals surface area contributed by atoms with Crippen LogP contribution in [0.4, 0.5) is 0 Å². The molecule has 0 saturated heterocycles. The van der Waals surface area contributed by atoms with Crippen LogP contribution in [0.2, 0.25) is 0 Å². The van der Waals surface area contributed by atoms with Crippen LogP contribution in [0, 0.1) is 16.7 Å². The third-order valence-corrected chi connectivity index (χ3v) is 6.61. The van der Waals surface area contributed by atoms with Gasteiger partial charge in [-0.15, -0.1) is 0 Å². The number of rotatable bonds is 15. The molecule has 0 radical (unpaired) electrons. The topological polar surface area (TPSA) is 46.5 Å². The van der Waals surface area contributed by atoms with Gasteiger partial charge in [0.2, 0.25) is 0 Å². The monoisotopic (exact) mass is 404 g/mol. The molecule has 1 atom stereocenters. The number of hydrogen-bond donors (Lipinski definition) is 1. The van der Waals surface area contributed by atoms with Gasteiger partial charge in [0, 0.05) is 6.61 Å². The summed E-state index contributed by atoms with van der Waals surface area (Å²) < 4.78 is 5.66. The van der Waals surface area contributed by atoms with E-state index in [2.05, 4.69) is 34.6 Å². The maximum atomic E-state index is 11.4. The van der Waals surface area contributed by atoms with E-state index in [9.17, 15) is 9.90 Å². The van der Waals surface area contributed by atoms with Crippen LogP contribution in [-0.2, 0) is 16.0 Å². The summed E-state index contributed by atoms with van der Waals surface area (Å²) in [6.07, 6.45) is 10.5. The number of hydrogen-bond acceptors (Lipinski definition) is 2. The molecule has 1 aromatic carbocycles. The molecule has 0 aliphatic carbocycles. The van der Waals surface area contributed by atoms with Crippen molar-refractivity contribution >= 4 is 5.97 Å². The van der Waals surface area contributed by atoms with E-state index in [-0.39, 0.29) is 0 Å². The lowest BCUT2D eigenvalue weighted by Gasteiger charge is -2.39. The molecular formula is C26H44O3. The van der Waals surface area contributed by atoms with Crippen LogP contribution in [-0.4, -0.2) is 24.3 Å². The molecular weight excluding hydrogens is 360 g/mol. The Morgan fingerprint density at radius 2 is 1.45 bits per heavy atom. The number of benzene rings is 1. The molecule has 1 aromatic rings.